The first-order valence-electron chi connectivity index (χ1n) is 6.62. The molecule has 2 unspecified atom stereocenters. The lowest BCUT2D eigenvalue weighted by atomic mass is 10.1. The van der Waals surface area contributed by atoms with Gasteiger partial charge in [-0.2, -0.15) is 0 Å². The van der Waals surface area contributed by atoms with Crippen molar-refractivity contribution in [3.8, 4) is 0 Å². The molecule has 0 aromatic heterocycles. The summed E-state index contributed by atoms with van der Waals surface area (Å²) < 4.78 is 11.3. The number of rotatable bonds is 8. The van der Waals surface area contributed by atoms with E-state index in [1.807, 2.05) is 0 Å². The van der Waals surface area contributed by atoms with Crippen LogP contribution in [0.15, 0.2) is 0 Å². The summed E-state index contributed by atoms with van der Waals surface area (Å²) in [7, 11) is 0. The lowest BCUT2D eigenvalue weighted by Crippen LogP contribution is -2.33. The molecule has 0 aromatic carbocycles. The Kier molecular flexibility index (Phi) is 7.01. The van der Waals surface area contributed by atoms with Crippen LogP contribution in [-0.2, 0) is 9.47 Å². The monoisotopic (exact) mass is 229 g/mol. The summed E-state index contributed by atoms with van der Waals surface area (Å²) in [5.74, 6) is 0.729. The minimum atomic E-state index is 0.306. The fourth-order valence-corrected chi connectivity index (χ4v) is 1.82. The van der Waals surface area contributed by atoms with E-state index in [-0.39, 0.29) is 0 Å². The van der Waals surface area contributed by atoms with Crippen LogP contribution in [-0.4, -0.2) is 38.5 Å². The second kappa shape index (κ2) is 8.04. The highest BCUT2D eigenvalue weighted by Crippen LogP contribution is 2.10. The molecule has 0 amide bonds. The van der Waals surface area contributed by atoms with Gasteiger partial charge in [0.05, 0.1) is 12.2 Å². The first-order chi connectivity index (χ1) is 7.68. The standard InChI is InChI=1S/C13H27NO2/c1-11(2)6-8-15-12(3)9-14-10-13-5-4-7-16-13/h11-14H,4-10H2,1-3H3. The van der Waals surface area contributed by atoms with Crippen molar-refractivity contribution < 1.29 is 9.47 Å². The normalized spacial score (nSPS) is 22.9. The van der Waals surface area contributed by atoms with E-state index < -0.39 is 0 Å². The van der Waals surface area contributed by atoms with Gasteiger partial charge < -0.3 is 14.8 Å². The third-order valence-electron chi connectivity index (χ3n) is 2.93. The van der Waals surface area contributed by atoms with Gasteiger partial charge in [-0.05, 0) is 32.1 Å². The van der Waals surface area contributed by atoms with E-state index in [4.69, 9.17) is 9.47 Å². The molecule has 1 heterocycles. The highest BCUT2D eigenvalue weighted by molar-refractivity contribution is 4.68. The van der Waals surface area contributed by atoms with Gasteiger partial charge >= 0.3 is 0 Å². The topological polar surface area (TPSA) is 30.5 Å². The minimum absolute atomic E-state index is 0.306. The molecular formula is C13H27NO2. The number of nitrogens with one attached hydrogen (secondary N) is 1. The van der Waals surface area contributed by atoms with Gasteiger partial charge in [0.15, 0.2) is 0 Å². The predicted molar refractivity (Wildman–Crippen MR) is 66.7 cm³/mol. The molecule has 3 heteroatoms. The van der Waals surface area contributed by atoms with Crippen LogP contribution in [0.5, 0.6) is 0 Å². The Hall–Kier alpha value is -0.120. The first-order valence-corrected chi connectivity index (χ1v) is 6.62. The van der Waals surface area contributed by atoms with Crippen LogP contribution in [0, 0.1) is 5.92 Å². The fourth-order valence-electron chi connectivity index (χ4n) is 1.82. The van der Waals surface area contributed by atoms with Crippen molar-refractivity contribution in [3.63, 3.8) is 0 Å². The molecule has 1 fully saturated rings. The number of hydrogen-bond acceptors (Lipinski definition) is 3. The molecule has 1 aliphatic heterocycles. The van der Waals surface area contributed by atoms with Crippen molar-refractivity contribution in [2.24, 2.45) is 5.92 Å². The van der Waals surface area contributed by atoms with Crippen LogP contribution in [0.2, 0.25) is 0 Å². The van der Waals surface area contributed by atoms with Crippen LogP contribution in [0.1, 0.15) is 40.0 Å². The van der Waals surface area contributed by atoms with Gasteiger partial charge in [0.2, 0.25) is 0 Å². The zero-order valence-electron chi connectivity index (χ0n) is 11.0. The quantitative estimate of drug-likeness (QED) is 0.692. The van der Waals surface area contributed by atoms with Gasteiger partial charge in [0, 0.05) is 26.3 Å². The highest BCUT2D eigenvalue weighted by Gasteiger charge is 2.14. The summed E-state index contributed by atoms with van der Waals surface area (Å²) in [5, 5.41) is 3.42. The van der Waals surface area contributed by atoms with E-state index in [1.165, 1.54) is 12.8 Å². The minimum Gasteiger partial charge on any atom is -0.377 e. The predicted octanol–water partition coefficient (Wildman–Crippen LogP) is 2.21. The molecule has 96 valence electrons. The summed E-state index contributed by atoms with van der Waals surface area (Å²) >= 11 is 0. The zero-order valence-corrected chi connectivity index (χ0v) is 11.0. The molecule has 0 saturated carbocycles. The summed E-state index contributed by atoms with van der Waals surface area (Å²) in [6.07, 6.45) is 4.31. The Morgan fingerprint density at radius 1 is 1.38 bits per heavy atom. The molecule has 1 aliphatic rings. The van der Waals surface area contributed by atoms with Crippen molar-refractivity contribution in [3.05, 3.63) is 0 Å². The van der Waals surface area contributed by atoms with Crippen LogP contribution < -0.4 is 5.32 Å². The van der Waals surface area contributed by atoms with Gasteiger partial charge in [-0.1, -0.05) is 13.8 Å². The van der Waals surface area contributed by atoms with E-state index in [0.717, 1.165) is 38.6 Å². The van der Waals surface area contributed by atoms with Crippen molar-refractivity contribution in [1.82, 2.24) is 5.32 Å². The zero-order chi connectivity index (χ0) is 11.8. The van der Waals surface area contributed by atoms with Gasteiger partial charge in [-0.3, -0.25) is 0 Å². The fraction of sp³-hybridized carbons (Fsp3) is 1.00. The molecule has 2 atom stereocenters. The van der Waals surface area contributed by atoms with Crippen LogP contribution >= 0.6 is 0 Å². The van der Waals surface area contributed by atoms with Crippen LogP contribution in [0.4, 0.5) is 0 Å². The van der Waals surface area contributed by atoms with Crippen LogP contribution in [0.3, 0.4) is 0 Å². The van der Waals surface area contributed by atoms with Gasteiger partial charge in [-0.25, -0.2) is 0 Å². The van der Waals surface area contributed by atoms with Gasteiger partial charge in [0.1, 0.15) is 0 Å². The second-order valence-electron chi connectivity index (χ2n) is 5.16. The van der Waals surface area contributed by atoms with Crippen molar-refractivity contribution in [2.45, 2.75) is 52.2 Å². The van der Waals surface area contributed by atoms with E-state index in [0.29, 0.717) is 12.2 Å². The maximum Gasteiger partial charge on any atom is 0.0700 e. The molecule has 0 spiro atoms. The third kappa shape index (κ3) is 6.46. The van der Waals surface area contributed by atoms with E-state index in [1.54, 1.807) is 0 Å². The second-order valence-corrected chi connectivity index (χ2v) is 5.16. The Bertz CT molecular complexity index is 167. The van der Waals surface area contributed by atoms with Crippen molar-refractivity contribution in [1.29, 1.82) is 0 Å². The average Bonchev–Trinajstić information content (AvgIpc) is 2.70. The average molecular weight is 229 g/mol. The lowest BCUT2D eigenvalue weighted by Gasteiger charge is -2.16. The molecular weight excluding hydrogens is 202 g/mol. The Labute approximate surface area is 99.9 Å². The maximum atomic E-state index is 5.71. The lowest BCUT2D eigenvalue weighted by molar-refractivity contribution is 0.0537. The van der Waals surface area contributed by atoms with E-state index in [9.17, 15) is 0 Å². The molecule has 0 radical (unpaired) electrons. The number of ether oxygens (including phenoxy) is 2. The van der Waals surface area contributed by atoms with Gasteiger partial charge in [0.25, 0.3) is 0 Å². The Balaban J connectivity index is 1.91. The summed E-state index contributed by atoms with van der Waals surface area (Å²) in [4.78, 5) is 0. The SMILES string of the molecule is CC(C)CCOC(C)CNCC1CCCO1. The largest absolute Gasteiger partial charge is 0.377 e. The van der Waals surface area contributed by atoms with Crippen LogP contribution in [0.25, 0.3) is 0 Å². The van der Waals surface area contributed by atoms with Gasteiger partial charge in [-0.15, -0.1) is 0 Å². The molecule has 1 N–H and O–H groups in total. The molecule has 16 heavy (non-hydrogen) atoms. The van der Waals surface area contributed by atoms with E-state index in [2.05, 4.69) is 26.1 Å². The third-order valence-corrected chi connectivity index (χ3v) is 2.93. The highest BCUT2D eigenvalue weighted by atomic mass is 16.5. The smallest absolute Gasteiger partial charge is 0.0700 e. The molecule has 1 rings (SSSR count). The molecule has 0 aliphatic carbocycles. The first kappa shape index (κ1) is 13.9. The molecule has 3 nitrogen and oxygen atoms in total. The number of hydrogen-bond donors (Lipinski definition) is 1. The van der Waals surface area contributed by atoms with E-state index >= 15 is 0 Å². The van der Waals surface area contributed by atoms with Crippen molar-refractivity contribution in [2.75, 3.05) is 26.3 Å². The van der Waals surface area contributed by atoms with Crippen molar-refractivity contribution >= 4 is 0 Å². The summed E-state index contributed by atoms with van der Waals surface area (Å²) in [6.45, 7) is 10.3. The molecule has 0 bridgehead atoms. The maximum absolute atomic E-state index is 5.71. The molecule has 1 saturated heterocycles. The Morgan fingerprint density at radius 3 is 2.81 bits per heavy atom. The Morgan fingerprint density at radius 2 is 2.19 bits per heavy atom. The summed E-state index contributed by atoms with van der Waals surface area (Å²) in [5.41, 5.74) is 0. The summed E-state index contributed by atoms with van der Waals surface area (Å²) in [6, 6.07) is 0. The molecule has 0 aromatic rings.